The van der Waals surface area contributed by atoms with Crippen LogP contribution in [0.15, 0.2) is 36.5 Å². The molecule has 1 N–H and O–H groups in total. The Morgan fingerprint density at radius 1 is 1.22 bits per heavy atom. The van der Waals surface area contributed by atoms with Crippen LogP contribution in [0.2, 0.25) is 0 Å². The van der Waals surface area contributed by atoms with Crippen molar-refractivity contribution < 1.29 is 13.5 Å². The van der Waals surface area contributed by atoms with Crippen molar-refractivity contribution in [3.63, 3.8) is 0 Å². The summed E-state index contributed by atoms with van der Waals surface area (Å²) in [6.07, 6.45) is 1.59. The molecular formula is C13H12F2N2O. The quantitative estimate of drug-likeness (QED) is 0.905. The molecule has 94 valence electrons. The number of halogens is 2. The zero-order valence-electron chi connectivity index (χ0n) is 9.78. The molecule has 0 saturated carbocycles. The Labute approximate surface area is 103 Å². The van der Waals surface area contributed by atoms with Crippen molar-refractivity contribution in [2.24, 2.45) is 0 Å². The zero-order valence-corrected chi connectivity index (χ0v) is 9.78. The molecule has 0 fully saturated rings. The summed E-state index contributed by atoms with van der Waals surface area (Å²) in [7, 11) is 1.50. The molecule has 0 aliphatic heterocycles. The van der Waals surface area contributed by atoms with Crippen LogP contribution in [0.25, 0.3) is 0 Å². The molecule has 5 heteroatoms. The topological polar surface area (TPSA) is 34.1 Å². The molecule has 0 unspecified atom stereocenters. The number of anilines is 1. The standard InChI is InChI=1S/C13H12F2N2O/c1-18-13-11(6-3-7-16-13)17-8-9-4-2-5-10(14)12(9)15/h2-7,17H,8H2,1H3. The lowest BCUT2D eigenvalue weighted by atomic mass is 10.2. The smallest absolute Gasteiger partial charge is 0.237 e. The van der Waals surface area contributed by atoms with Gasteiger partial charge in [0, 0.05) is 18.3 Å². The van der Waals surface area contributed by atoms with E-state index in [9.17, 15) is 8.78 Å². The highest BCUT2D eigenvalue weighted by molar-refractivity contribution is 5.52. The number of rotatable bonds is 4. The first-order valence-corrected chi connectivity index (χ1v) is 5.38. The number of nitrogens with zero attached hydrogens (tertiary/aromatic N) is 1. The van der Waals surface area contributed by atoms with E-state index in [1.807, 2.05) is 0 Å². The predicted molar refractivity (Wildman–Crippen MR) is 64.5 cm³/mol. The molecule has 1 heterocycles. The second-order valence-corrected chi connectivity index (χ2v) is 3.63. The Hall–Kier alpha value is -2.17. The van der Waals surface area contributed by atoms with E-state index in [0.29, 0.717) is 11.6 Å². The monoisotopic (exact) mass is 250 g/mol. The average molecular weight is 250 g/mol. The molecule has 0 amide bonds. The Bertz CT molecular complexity index is 546. The summed E-state index contributed by atoms with van der Waals surface area (Å²) in [5.41, 5.74) is 0.879. The zero-order chi connectivity index (χ0) is 13.0. The number of hydrogen-bond acceptors (Lipinski definition) is 3. The molecular weight excluding hydrogens is 238 g/mol. The van der Waals surface area contributed by atoms with Crippen LogP contribution >= 0.6 is 0 Å². The van der Waals surface area contributed by atoms with Crippen molar-refractivity contribution in [1.82, 2.24) is 4.98 Å². The molecule has 0 atom stereocenters. The first-order chi connectivity index (χ1) is 8.72. The first kappa shape index (κ1) is 12.3. The lowest BCUT2D eigenvalue weighted by Crippen LogP contribution is -2.05. The summed E-state index contributed by atoms with van der Waals surface area (Å²) >= 11 is 0. The first-order valence-electron chi connectivity index (χ1n) is 5.38. The normalized spacial score (nSPS) is 10.2. The molecule has 0 bridgehead atoms. The van der Waals surface area contributed by atoms with Crippen molar-refractivity contribution in [2.45, 2.75) is 6.54 Å². The molecule has 0 saturated heterocycles. The maximum Gasteiger partial charge on any atom is 0.237 e. The largest absolute Gasteiger partial charge is 0.480 e. The van der Waals surface area contributed by atoms with Gasteiger partial charge in [-0.2, -0.15) is 0 Å². The fourth-order valence-electron chi connectivity index (χ4n) is 1.56. The fourth-order valence-corrected chi connectivity index (χ4v) is 1.56. The van der Waals surface area contributed by atoms with E-state index in [1.165, 1.54) is 19.2 Å². The molecule has 0 aliphatic rings. The SMILES string of the molecule is COc1ncccc1NCc1cccc(F)c1F. The lowest BCUT2D eigenvalue weighted by molar-refractivity contribution is 0.399. The second-order valence-electron chi connectivity index (χ2n) is 3.63. The van der Waals surface area contributed by atoms with Gasteiger partial charge in [-0.15, -0.1) is 0 Å². The van der Waals surface area contributed by atoms with Crippen molar-refractivity contribution in [3.8, 4) is 5.88 Å². The van der Waals surface area contributed by atoms with Crippen molar-refractivity contribution >= 4 is 5.69 Å². The van der Waals surface area contributed by atoms with Crippen LogP contribution in [0.3, 0.4) is 0 Å². The minimum Gasteiger partial charge on any atom is -0.480 e. The van der Waals surface area contributed by atoms with Crippen LogP contribution < -0.4 is 10.1 Å². The molecule has 3 nitrogen and oxygen atoms in total. The van der Waals surface area contributed by atoms with Gasteiger partial charge >= 0.3 is 0 Å². The number of hydrogen-bond donors (Lipinski definition) is 1. The van der Waals surface area contributed by atoms with Gasteiger partial charge in [-0.25, -0.2) is 13.8 Å². The van der Waals surface area contributed by atoms with E-state index in [2.05, 4.69) is 10.3 Å². The fraction of sp³-hybridized carbons (Fsp3) is 0.154. The van der Waals surface area contributed by atoms with Gasteiger partial charge in [0.1, 0.15) is 0 Å². The van der Waals surface area contributed by atoms with E-state index < -0.39 is 11.6 Å². The number of nitrogens with one attached hydrogen (secondary N) is 1. The minimum atomic E-state index is -0.854. The molecule has 0 aliphatic carbocycles. The van der Waals surface area contributed by atoms with Gasteiger partial charge in [0.25, 0.3) is 0 Å². The van der Waals surface area contributed by atoms with Crippen molar-refractivity contribution in [1.29, 1.82) is 0 Å². The van der Waals surface area contributed by atoms with E-state index in [1.54, 1.807) is 18.3 Å². The van der Waals surface area contributed by atoms with Crippen molar-refractivity contribution in [2.75, 3.05) is 12.4 Å². The molecule has 2 rings (SSSR count). The molecule has 1 aromatic heterocycles. The average Bonchev–Trinajstić information content (AvgIpc) is 2.41. The number of benzene rings is 1. The maximum absolute atomic E-state index is 13.4. The maximum atomic E-state index is 13.4. The highest BCUT2D eigenvalue weighted by atomic mass is 19.2. The third-order valence-corrected chi connectivity index (χ3v) is 2.47. The minimum absolute atomic E-state index is 0.158. The summed E-state index contributed by atoms with van der Waals surface area (Å²) < 4.78 is 31.5. The van der Waals surface area contributed by atoms with Gasteiger partial charge in [0.15, 0.2) is 11.6 Å². The van der Waals surface area contributed by atoms with E-state index in [-0.39, 0.29) is 12.1 Å². The van der Waals surface area contributed by atoms with Gasteiger partial charge in [0.05, 0.1) is 12.8 Å². The number of aromatic nitrogens is 1. The number of pyridine rings is 1. The second kappa shape index (κ2) is 5.44. The summed E-state index contributed by atoms with van der Waals surface area (Å²) in [6.45, 7) is 0.158. The molecule has 18 heavy (non-hydrogen) atoms. The van der Waals surface area contributed by atoms with Gasteiger partial charge in [-0.1, -0.05) is 12.1 Å². The number of methoxy groups -OCH3 is 1. The number of ether oxygens (including phenoxy) is 1. The van der Waals surface area contributed by atoms with Gasteiger partial charge in [0.2, 0.25) is 5.88 Å². The van der Waals surface area contributed by atoms with E-state index >= 15 is 0 Å². The van der Waals surface area contributed by atoms with Crippen LogP contribution in [-0.4, -0.2) is 12.1 Å². The van der Waals surface area contributed by atoms with Crippen LogP contribution in [0.4, 0.5) is 14.5 Å². The van der Waals surface area contributed by atoms with Crippen LogP contribution in [0.5, 0.6) is 5.88 Å². The van der Waals surface area contributed by atoms with Gasteiger partial charge in [-0.05, 0) is 18.2 Å². The van der Waals surface area contributed by atoms with Crippen LogP contribution in [0.1, 0.15) is 5.56 Å². The van der Waals surface area contributed by atoms with Crippen molar-refractivity contribution in [3.05, 3.63) is 53.7 Å². The Morgan fingerprint density at radius 3 is 2.83 bits per heavy atom. The summed E-state index contributed by atoms with van der Waals surface area (Å²) in [6, 6.07) is 7.56. The van der Waals surface area contributed by atoms with Crippen LogP contribution in [-0.2, 0) is 6.54 Å². The molecule has 0 radical (unpaired) electrons. The summed E-state index contributed by atoms with van der Waals surface area (Å²) in [4.78, 5) is 4.00. The summed E-state index contributed by atoms with van der Waals surface area (Å²) in [5, 5.41) is 2.95. The third-order valence-electron chi connectivity index (χ3n) is 2.47. The lowest BCUT2D eigenvalue weighted by Gasteiger charge is -2.10. The molecule has 1 aromatic carbocycles. The Kier molecular flexibility index (Phi) is 3.72. The van der Waals surface area contributed by atoms with Gasteiger partial charge in [-0.3, -0.25) is 0 Å². The van der Waals surface area contributed by atoms with Gasteiger partial charge < -0.3 is 10.1 Å². The third kappa shape index (κ3) is 2.56. The van der Waals surface area contributed by atoms with E-state index in [4.69, 9.17) is 4.74 Å². The highest BCUT2D eigenvalue weighted by Gasteiger charge is 2.08. The van der Waals surface area contributed by atoms with E-state index in [0.717, 1.165) is 6.07 Å². The Morgan fingerprint density at radius 2 is 2.06 bits per heavy atom. The predicted octanol–water partition coefficient (Wildman–Crippen LogP) is 2.98. The summed E-state index contributed by atoms with van der Waals surface area (Å²) in [5.74, 6) is -1.28. The Balaban J connectivity index is 2.14. The van der Waals surface area contributed by atoms with Crippen LogP contribution in [0, 0.1) is 11.6 Å². The highest BCUT2D eigenvalue weighted by Crippen LogP contribution is 2.21. The molecule has 2 aromatic rings. The molecule has 0 spiro atoms.